The number of anilines is 1. The number of aromatic nitrogens is 2. The fourth-order valence-electron chi connectivity index (χ4n) is 8.81. The molecule has 12 heteroatoms. The van der Waals surface area contributed by atoms with E-state index in [9.17, 15) is 14.7 Å². The van der Waals surface area contributed by atoms with Gasteiger partial charge in [-0.25, -0.2) is 4.98 Å². The first-order valence-corrected chi connectivity index (χ1v) is 24.3. The summed E-state index contributed by atoms with van der Waals surface area (Å²) in [5.41, 5.74) is 8.42. The minimum absolute atomic E-state index is 0.277. The average Bonchev–Trinajstić information content (AvgIpc) is 3.86. The number of carboxylic acid groups (broad SMARTS) is 1. The molecule has 0 amide bonds. The Hall–Kier alpha value is -4.20. The molecule has 2 aromatic heterocycles. The first kappa shape index (κ1) is 48.3. The summed E-state index contributed by atoms with van der Waals surface area (Å²) in [5.74, 6) is 0.0496. The number of methoxy groups -OCH3 is 1. The summed E-state index contributed by atoms with van der Waals surface area (Å²) < 4.78 is 10.4. The molecule has 340 valence electrons. The van der Waals surface area contributed by atoms with E-state index in [-0.39, 0.29) is 10.8 Å². The second kappa shape index (κ2) is 26.6. The molecule has 3 atom stereocenters. The van der Waals surface area contributed by atoms with Crippen molar-refractivity contribution in [2.45, 2.75) is 119 Å². The molecule has 4 aliphatic rings. The molecule has 1 aliphatic carbocycles. The van der Waals surface area contributed by atoms with Crippen molar-refractivity contribution >= 4 is 33.7 Å². The number of benzene rings is 2. The van der Waals surface area contributed by atoms with Crippen LogP contribution < -0.4 is 16.0 Å². The lowest BCUT2D eigenvalue weighted by molar-refractivity contribution is -0.144. The van der Waals surface area contributed by atoms with Crippen molar-refractivity contribution < 1.29 is 24.2 Å². The highest BCUT2D eigenvalue weighted by atomic mass is 79.9. The Balaban J connectivity index is 0.000000176. The van der Waals surface area contributed by atoms with Gasteiger partial charge in [-0.1, -0.05) is 88.7 Å². The highest BCUT2D eigenvalue weighted by Gasteiger charge is 2.30. The van der Waals surface area contributed by atoms with Gasteiger partial charge in [0.1, 0.15) is 16.7 Å². The van der Waals surface area contributed by atoms with Gasteiger partial charge in [0.2, 0.25) is 0 Å². The van der Waals surface area contributed by atoms with Crippen molar-refractivity contribution in [3.05, 3.63) is 124 Å². The predicted octanol–water partition coefficient (Wildman–Crippen LogP) is 8.60. The van der Waals surface area contributed by atoms with Gasteiger partial charge in [0.25, 0.3) is 0 Å². The molecule has 0 saturated carbocycles. The summed E-state index contributed by atoms with van der Waals surface area (Å²) in [6.07, 6.45) is 17.7. The summed E-state index contributed by atoms with van der Waals surface area (Å²) in [5, 5.41) is 20.2. The van der Waals surface area contributed by atoms with Gasteiger partial charge in [-0.15, -0.1) is 0 Å². The number of fused-ring (bicyclic) bond motifs is 2. The molecule has 2 saturated heterocycles. The van der Waals surface area contributed by atoms with E-state index in [1.165, 1.54) is 80.3 Å². The van der Waals surface area contributed by atoms with Gasteiger partial charge >= 0.3 is 11.9 Å². The van der Waals surface area contributed by atoms with E-state index in [1.54, 1.807) is 0 Å². The van der Waals surface area contributed by atoms with E-state index in [0.29, 0.717) is 12.1 Å². The number of pyridine rings is 2. The smallest absolute Gasteiger partial charge is 0.325 e. The fraction of sp³-hybridized carbons (Fsp3) is 0.529. The summed E-state index contributed by atoms with van der Waals surface area (Å²) in [7, 11) is 1.37. The zero-order chi connectivity index (χ0) is 44.1. The Bertz CT molecular complexity index is 1960. The Labute approximate surface area is 383 Å². The van der Waals surface area contributed by atoms with Gasteiger partial charge in [0, 0.05) is 55.9 Å². The summed E-state index contributed by atoms with van der Waals surface area (Å²) in [4.78, 5) is 34.3. The Morgan fingerprint density at radius 1 is 0.794 bits per heavy atom. The van der Waals surface area contributed by atoms with E-state index >= 15 is 0 Å². The molecule has 4 N–H and O–H groups in total. The molecule has 2 unspecified atom stereocenters. The summed E-state index contributed by atoms with van der Waals surface area (Å²) >= 11 is 3.24. The van der Waals surface area contributed by atoms with Crippen LogP contribution in [0.5, 0.6) is 0 Å². The van der Waals surface area contributed by atoms with Crippen LogP contribution >= 0.6 is 15.9 Å². The minimum Gasteiger partial charge on any atom is -0.480 e. The molecule has 0 radical (unpaired) electrons. The number of aliphatic carboxylic acids is 1. The number of carbonyl (C=O) groups excluding carboxylic acids is 1. The van der Waals surface area contributed by atoms with Crippen molar-refractivity contribution in [1.29, 1.82) is 0 Å². The second-order valence-electron chi connectivity index (χ2n) is 17.1. The van der Waals surface area contributed by atoms with E-state index < -0.39 is 12.0 Å². The maximum Gasteiger partial charge on any atom is 0.325 e. The first-order valence-electron chi connectivity index (χ1n) is 23.4. The third kappa shape index (κ3) is 15.8. The third-order valence-electron chi connectivity index (χ3n) is 12.4. The van der Waals surface area contributed by atoms with Gasteiger partial charge in [-0.3, -0.25) is 19.5 Å². The van der Waals surface area contributed by atoms with E-state index in [2.05, 4.69) is 65.8 Å². The number of aryl methyl sites for hydroxylation is 5. The zero-order valence-corrected chi connectivity index (χ0v) is 38.8. The Morgan fingerprint density at radius 2 is 1.46 bits per heavy atom. The summed E-state index contributed by atoms with van der Waals surface area (Å²) in [6.45, 7) is 6.72. The van der Waals surface area contributed by atoms with Crippen LogP contribution in [0.4, 0.5) is 5.82 Å². The Kier molecular flexibility index (Phi) is 20.3. The van der Waals surface area contributed by atoms with E-state index in [4.69, 9.17) is 14.7 Å². The largest absolute Gasteiger partial charge is 0.480 e. The van der Waals surface area contributed by atoms with Crippen LogP contribution in [0.3, 0.4) is 0 Å². The lowest BCUT2D eigenvalue weighted by atomic mass is 9.95. The van der Waals surface area contributed by atoms with Crippen molar-refractivity contribution in [1.82, 2.24) is 25.5 Å². The summed E-state index contributed by atoms with van der Waals surface area (Å²) in [6, 6.07) is 27.9. The average molecular weight is 926 g/mol. The predicted molar refractivity (Wildman–Crippen MR) is 255 cm³/mol. The highest BCUT2D eigenvalue weighted by molar-refractivity contribution is 9.09. The highest BCUT2D eigenvalue weighted by Crippen LogP contribution is 2.26. The van der Waals surface area contributed by atoms with Crippen LogP contribution in [0.25, 0.3) is 0 Å². The SMILES string of the molecule is COC(=O)C(Br)c1ccccc1.O=C(O)C(c1ccccc1)N1CCC(NCCCCc2ccc3c(n2)NCCC3)CC1.c1cc2c(nc1CCCCO[C@@H]1CCNC1)CCCC2. The number of unbranched alkanes of at least 4 members (excludes halogenated alkanes) is 2. The van der Waals surface area contributed by atoms with Crippen LogP contribution in [0, 0.1) is 0 Å². The number of alkyl halides is 1. The monoisotopic (exact) mass is 924 g/mol. The number of piperidine rings is 1. The third-order valence-corrected chi connectivity index (χ3v) is 13.3. The van der Waals surface area contributed by atoms with Crippen molar-refractivity contribution in [2.75, 3.05) is 58.3 Å². The van der Waals surface area contributed by atoms with Crippen LogP contribution in [-0.4, -0.2) is 97.0 Å². The van der Waals surface area contributed by atoms with Gasteiger partial charge in [-0.05, 0) is 144 Å². The number of halogens is 1. The quantitative estimate of drug-likeness (QED) is 0.0461. The lowest BCUT2D eigenvalue weighted by Gasteiger charge is -2.36. The van der Waals surface area contributed by atoms with Gasteiger partial charge in [0.05, 0.1) is 13.2 Å². The first-order chi connectivity index (χ1) is 30.9. The topological polar surface area (TPSA) is 138 Å². The molecule has 0 spiro atoms. The molecule has 8 rings (SSSR count). The fourth-order valence-corrected chi connectivity index (χ4v) is 9.30. The second-order valence-corrected chi connectivity index (χ2v) is 18.0. The van der Waals surface area contributed by atoms with Gasteiger partial charge in [0.15, 0.2) is 0 Å². The molecular formula is C51H69BrN6O5. The van der Waals surface area contributed by atoms with Crippen molar-refractivity contribution in [3.63, 3.8) is 0 Å². The zero-order valence-electron chi connectivity index (χ0n) is 37.2. The number of esters is 1. The van der Waals surface area contributed by atoms with Crippen LogP contribution in [0.1, 0.15) is 114 Å². The van der Waals surface area contributed by atoms with Crippen LogP contribution in [-0.2, 0) is 51.2 Å². The van der Waals surface area contributed by atoms with E-state index in [1.807, 2.05) is 60.7 Å². The number of ether oxygens (including phenoxy) is 2. The molecule has 63 heavy (non-hydrogen) atoms. The van der Waals surface area contributed by atoms with Gasteiger partial charge < -0.3 is 30.5 Å². The normalized spacial score (nSPS) is 18.2. The number of carbonyl (C=O) groups is 2. The van der Waals surface area contributed by atoms with Crippen LogP contribution in [0.2, 0.25) is 0 Å². The van der Waals surface area contributed by atoms with Crippen LogP contribution in [0.15, 0.2) is 84.9 Å². The van der Waals surface area contributed by atoms with Crippen molar-refractivity contribution in [3.8, 4) is 0 Å². The molecule has 0 bridgehead atoms. The number of hydrogen-bond donors (Lipinski definition) is 4. The molecule has 3 aliphatic heterocycles. The van der Waals surface area contributed by atoms with Crippen molar-refractivity contribution in [2.24, 2.45) is 0 Å². The molecule has 2 aromatic carbocycles. The molecule has 11 nitrogen and oxygen atoms in total. The number of likely N-dealkylation sites (tertiary alicyclic amines) is 1. The minimum atomic E-state index is -0.761. The lowest BCUT2D eigenvalue weighted by Crippen LogP contribution is -2.45. The number of carboxylic acids is 1. The maximum atomic E-state index is 11.9. The number of rotatable bonds is 17. The molecule has 2 fully saturated rings. The standard InChI is InChI=1S/C25H34N4O2.C17H26N2O.C9H9BrO2/c30-25(31)23(19-7-2-1-3-8-19)29-17-13-21(14-18-29)26-15-5-4-10-22-12-11-20-9-6-16-27-24(20)28-22;1-2-7-17-14(5-1)8-9-15(19-17)6-3-4-12-20-16-10-11-18-13-16;1-12-9(11)8(10)7-5-3-2-4-6-7/h1-3,7-8,11-12,21,23,26H,4-6,9-10,13-18H2,(H,27,28)(H,30,31);8-9,16,18H,1-7,10-13H2;2-6,8H,1H3/t;16-;/m.1./s1. The molecular weight excluding hydrogens is 857 g/mol. The number of nitrogens with zero attached hydrogens (tertiary/aromatic N) is 3. The molecule has 5 heterocycles. The number of hydrogen-bond acceptors (Lipinski definition) is 10. The molecule has 4 aromatic rings. The Morgan fingerprint density at radius 3 is 2.16 bits per heavy atom. The number of nitrogens with one attached hydrogen (secondary N) is 3. The van der Waals surface area contributed by atoms with Gasteiger partial charge in [-0.2, -0.15) is 0 Å². The van der Waals surface area contributed by atoms with E-state index in [0.717, 1.165) is 114 Å². The maximum absolute atomic E-state index is 11.9.